The van der Waals surface area contributed by atoms with Crippen molar-refractivity contribution in [1.29, 1.82) is 0 Å². The third-order valence-corrected chi connectivity index (χ3v) is 3.72. The molecule has 0 spiro atoms. The van der Waals surface area contributed by atoms with Crippen LogP contribution in [0.25, 0.3) is 0 Å². The zero-order valence-electron chi connectivity index (χ0n) is 12.6. The van der Waals surface area contributed by atoms with Crippen molar-refractivity contribution in [3.05, 3.63) is 22.7 Å². The van der Waals surface area contributed by atoms with E-state index in [1.807, 2.05) is 14.1 Å². The van der Waals surface area contributed by atoms with Crippen LogP contribution in [-0.2, 0) is 4.74 Å². The molecule has 0 radical (unpaired) electrons. The second kappa shape index (κ2) is 6.33. The number of benzene rings is 1. The number of carbonyl (C=O) groups excluding carboxylic acids is 1. The summed E-state index contributed by atoms with van der Waals surface area (Å²) in [4.78, 5) is 13.9. The molecule has 20 heavy (non-hydrogen) atoms. The minimum atomic E-state index is -0.468. The van der Waals surface area contributed by atoms with E-state index in [1.165, 1.54) is 7.11 Å². The molecule has 112 valence electrons. The highest BCUT2D eigenvalue weighted by atomic mass is 35.5. The molecule has 0 fully saturated rings. The molecule has 0 aromatic heterocycles. The Morgan fingerprint density at radius 2 is 2.05 bits per heavy atom. The van der Waals surface area contributed by atoms with E-state index in [-0.39, 0.29) is 5.54 Å². The van der Waals surface area contributed by atoms with E-state index < -0.39 is 5.97 Å². The van der Waals surface area contributed by atoms with Crippen molar-refractivity contribution in [3.63, 3.8) is 0 Å². The van der Waals surface area contributed by atoms with Crippen LogP contribution in [0.3, 0.4) is 0 Å². The number of likely N-dealkylation sites (N-methyl/N-ethyl adjacent to an activating group) is 1. The van der Waals surface area contributed by atoms with Crippen LogP contribution in [0.4, 0.5) is 11.4 Å². The highest BCUT2D eigenvalue weighted by Crippen LogP contribution is 2.30. The van der Waals surface area contributed by atoms with Crippen LogP contribution < -0.4 is 11.1 Å². The summed E-state index contributed by atoms with van der Waals surface area (Å²) in [5.74, 6) is -0.468. The van der Waals surface area contributed by atoms with Crippen molar-refractivity contribution in [3.8, 4) is 0 Å². The summed E-state index contributed by atoms with van der Waals surface area (Å²) in [5.41, 5.74) is 6.93. The van der Waals surface area contributed by atoms with Crippen molar-refractivity contribution in [2.75, 3.05) is 38.8 Å². The molecule has 0 saturated carbocycles. The Balaban J connectivity index is 3.08. The molecule has 0 atom stereocenters. The molecule has 0 amide bonds. The average molecular weight is 300 g/mol. The summed E-state index contributed by atoms with van der Waals surface area (Å²) in [6, 6.07) is 3.17. The van der Waals surface area contributed by atoms with Crippen molar-refractivity contribution in [2.24, 2.45) is 0 Å². The smallest absolute Gasteiger partial charge is 0.340 e. The number of nitrogens with two attached hydrogens (primary N) is 1. The first-order valence-electron chi connectivity index (χ1n) is 6.27. The molecule has 1 aromatic carbocycles. The second-order valence-electron chi connectivity index (χ2n) is 5.48. The van der Waals surface area contributed by atoms with Gasteiger partial charge in [0, 0.05) is 17.8 Å². The summed E-state index contributed by atoms with van der Waals surface area (Å²) >= 11 is 6.18. The minimum absolute atomic E-state index is 0.0991. The van der Waals surface area contributed by atoms with Gasteiger partial charge >= 0.3 is 5.97 Å². The number of nitrogens with zero attached hydrogens (tertiary/aromatic N) is 1. The Hall–Kier alpha value is -1.46. The Bertz CT molecular complexity index is 501. The fourth-order valence-corrected chi connectivity index (χ4v) is 1.84. The maximum atomic E-state index is 11.8. The topological polar surface area (TPSA) is 67.6 Å². The molecule has 0 saturated heterocycles. The molecule has 0 bridgehead atoms. The summed E-state index contributed by atoms with van der Waals surface area (Å²) in [5, 5.41) is 3.62. The van der Waals surface area contributed by atoms with Gasteiger partial charge in [-0.05, 0) is 40.1 Å². The maximum absolute atomic E-state index is 11.8. The SMILES string of the molecule is COC(=O)c1cc(N)cc(Cl)c1NCC(C)(C)N(C)C. The van der Waals surface area contributed by atoms with Crippen LogP contribution in [0.15, 0.2) is 12.1 Å². The number of nitrogen functional groups attached to an aromatic ring is 1. The number of hydrogen-bond donors (Lipinski definition) is 2. The van der Waals surface area contributed by atoms with Crippen LogP contribution in [0, 0.1) is 0 Å². The zero-order chi connectivity index (χ0) is 15.5. The number of hydrogen-bond acceptors (Lipinski definition) is 5. The highest BCUT2D eigenvalue weighted by Gasteiger charge is 2.23. The maximum Gasteiger partial charge on any atom is 0.340 e. The molecule has 3 N–H and O–H groups in total. The zero-order valence-corrected chi connectivity index (χ0v) is 13.3. The van der Waals surface area contributed by atoms with Crippen molar-refractivity contribution in [1.82, 2.24) is 4.90 Å². The van der Waals surface area contributed by atoms with E-state index in [1.54, 1.807) is 12.1 Å². The first-order valence-corrected chi connectivity index (χ1v) is 6.65. The van der Waals surface area contributed by atoms with Gasteiger partial charge in [-0.1, -0.05) is 11.6 Å². The first-order chi connectivity index (χ1) is 9.19. The van der Waals surface area contributed by atoms with E-state index in [0.717, 1.165) is 0 Å². The summed E-state index contributed by atoms with van der Waals surface area (Å²) in [7, 11) is 5.31. The average Bonchev–Trinajstić information content (AvgIpc) is 2.35. The molecule has 5 nitrogen and oxygen atoms in total. The number of methoxy groups -OCH3 is 1. The molecule has 0 heterocycles. The van der Waals surface area contributed by atoms with Crippen LogP contribution in [0.1, 0.15) is 24.2 Å². The lowest BCUT2D eigenvalue weighted by Gasteiger charge is -2.33. The minimum Gasteiger partial charge on any atom is -0.465 e. The predicted molar refractivity (Wildman–Crippen MR) is 83.5 cm³/mol. The number of rotatable bonds is 5. The molecule has 0 aliphatic carbocycles. The third-order valence-electron chi connectivity index (χ3n) is 3.43. The largest absolute Gasteiger partial charge is 0.465 e. The van der Waals surface area contributed by atoms with Crippen LogP contribution in [0.5, 0.6) is 0 Å². The van der Waals surface area contributed by atoms with E-state index in [2.05, 4.69) is 24.1 Å². The molecule has 1 rings (SSSR count). The van der Waals surface area contributed by atoms with Gasteiger partial charge < -0.3 is 20.7 Å². The quantitative estimate of drug-likeness (QED) is 0.646. The summed E-state index contributed by atoms with van der Waals surface area (Å²) < 4.78 is 4.76. The summed E-state index contributed by atoms with van der Waals surface area (Å²) in [6.45, 7) is 4.79. The van der Waals surface area contributed by atoms with E-state index in [9.17, 15) is 4.79 Å². The van der Waals surface area contributed by atoms with E-state index in [0.29, 0.717) is 28.5 Å². The monoisotopic (exact) mass is 299 g/mol. The Labute approximate surface area is 125 Å². The van der Waals surface area contributed by atoms with Gasteiger partial charge in [-0.25, -0.2) is 4.79 Å². The Morgan fingerprint density at radius 1 is 1.45 bits per heavy atom. The Kier molecular flexibility index (Phi) is 5.25. The van der Waals surface area contributed by atoms with Crippen LogP contribution in [-0.4, -0.2) is 44.2 Å². The normalized spacial score (nSPS) is 11.6. The van der Waals surface area contributed by atoms with Gasteiger partial charge in [0.15, 0.2) is 0 Å². The highest BCUT2D eigenvalue weighted by molar-refractivity contribution is 6.34. The Morgan fingerprint density at radius 3 is 2.55 bits per heavy atom. The van der Waals surface area contributed by atoms with Gasteiger partial charge in [0.1, 0.15) is 0 Å². The predicted octanol–water partition coefficient (Wildman–Crippen LogP) is 2.46. The van der Waals surface area contributed by atoms with Gasteiger partial charge in [0.2, 0.25) is 0 Å². The van der Waals surface area contributed by atoms with Gasteiger partial charge in [0.25, 0.3) is 0 Å². The van der Waals surface area contributed by atoms with Gasteiger partial charge in [-0.3, -0.25) is 0 Å². The van der Waals surface area contributed by atoms with Crippen LogP contribution in [0.2, 0.25) is 5.02 Å². The number of anilines is 2. The molecule has 0 aliphatic heterocycles. The number of esters is 1. The molecule has 0 unspecified atom stereocenters. The molecule has 0 aliphatic rings. The fraction of sp³-hybridized carbons (Fsp3) is 0.500. The lowest BCUT2D eigenvalue weighted by molar-refractivity contribution is 0.0601. The van der Waals surface area contributed by atoms with E-state index >= 15 is 0 Å². The number of nitrogens with one attached hydrogen (secondary N) is 1. The van der Waals surface area contributed by atoms with Gasteiger partial charge in [0.05, 0.1) is 23.4 Å². The first kappa shape index (κ1) is 16.6. The fourth-order valence-electron chi connectivity index (χ4n) is 1.54. The van der Waals surface area contributed by atoms with Crippen molar-refractivity contribution < 1.29 is 9.53 Å². The number of ether oxygens (including phenoxy) is 1. The third kappa shape index (κ3) is 3.77. The van der Waals surface area contributed by atoms with Gasteiger partial charge in [-0.2, -0.15) is 0 Å². The number of halogens is 1. The lowest BCUT2D eigenvalue weighted by atomic mass is 10.0. The standard InChI is InChI=1S/C14H22ClN3O2/c1-14(2,18(3)4)8-17-12-10(13(19)20-5)6-9(16)7-11(12)15/h6-7,17H,8,16H2,1-5H3. The van der Waals surface area contributed by atoms with Gasteiger partial charge in [-0.15, -0.1) is 0 Å². The lowest BCUT2D eigenvalue weighted by Crippen LogP contribution is -2.44. The molecular formula is C14H22ClN3O2. The van der Waals surface area contributed by atoms with E-state index in [4.69, 9.17) is 22.1 Å². The molecular weight excluding hydrogens is 278 g/mol. The number of carbonyl (C=O) groups is 1. The van der Waals surface area contributed by atoms with Crippen molar-refractivity contribution in [2.45, 2.75) is 19.4 Å². The van der Waals surface area contributed by atoms with Crippen LogP contribution >= 0.6 is 11.6 Å². The summed E-state index contributed by atoms with van der Waals surface area (Å²) in [6.07, 6.45) is 0. The second-order valence-corrected chi connectivity index (χ2v) is 5.88. The van der Waals surface area contributed by atoms with Crippen molar-refractivity contribution >= 4 is 28.9 Å². The molecule has 6 heteroatoms. The molecule has 1 aromatic rings.